The summed E-state index contributed by atoms with van der Waals surface area (Å²) in [5.41, 5.74) is 1.58. The van der Waals surface area contributed by atoms with Crippen LogP contribution in [0, 0.1) is 0 Å². The quantitative estimate of drug-likeness (QED) is 0.867. The highest BCUT2D eigenvalue weighted by atomic mass is 16.3. The van der Waals surface area contributed by atoms with E-state index in [2.05, 4.69) is 5.32 Å². The molecule has 0 unspecified atom stereocenters. The molecular weight excluding hydrogens is 230 g/mol. The zero-order valence-electron chi connectivity index (χ0n) is 9.67. The van der Waals surface area contributed by atoms with Crippen LogP contribution in [0.1, 0.15) is 16.1 Å². The Morgan fingerprint density at radius 1 is 1.33 bits per heavy atom. The first-order valence-corrected chi connectivity index (χ1v) is 5.52. The second-order valence-electron chi connectivity index (χ2n) is 3.64. The van der Waals surface area contributed by atoms with Crippen molar-refractivity contribution in [3.8, 4) is 0 Å². The average Bonchev–Trinajstić information content (AvgIpc) is 2.91. The van der Waals surface area contributed by atoms with E-state index in [0.717, 1.165) is 5.56 Å². The molecule has 1 heterocycles. The van der Waals surface area contributed by atoms with Gasteiger partial charge in [0.2, 0.25) is 0 Å². The maximum atomic E-state index is 11.7. The minimum absolute atomic E-state index is 0.0109. The predicted molar refractivity (Wildman–Crippen MR) is 69.2 cm³/mol. The fourth-order valence-corrected chi connectivity index (χ4v) is 1.51. The number of carbonyl (C=O) groups is 1. The molecule has 2 rings (SSSR count). The van der Waals surface area contributed by atoms with E-state index in [1.165, 1.54) is 6.26 Å². The highest BCUT2D eigenvalue weighted by molar-refractivity contribution is 6.02. The number of rotatable bonds is 4. The first kappa shape index (κ1) is 12.1. The van der Waals surface area contributed by atoms with Gasteiger partial charge in [0.05, 0.1) is 12.9 Å². The van der Waals surface area contributed by atoms with E-state index >= 15 is 0 Å². The Balaban J connectivity index is 2.10. The Bertz CT molecular complexity index is 544. The molecule has 0 saturated heterocycles. The number of furan rings is 1. The molecule has 4 nitrogen and oxygen atoms in total. The van der Waals surface area contributed by atoms with Crippen molar-refractivity contribution in [2.24, 2.45) is 0 Å². The molecule has 1 amide bonds. The zero-order valence-corrected chi connectivity index (χ0v) is 9.67. The molecule has 2 N–H and O–H groups in total. The van der Waals surface area contributed by atoms with Gasteiger partial charge in [0.1, 0.15) is 0 Å². The van der Waals surface area contributed by atoms with E-state index in [-0.39, 0.29) is 18.3 Å². The molecule has 0 bridgehead atoms. The number of carbonyl (C=O) groups excluding carboxylic acids is 1. The van der Waals surface area contributed by atoms with E-state index in [9.17, 15) is 4.79 Å². The highest BCUT2D eigenvalue weighted by Gasteiger charge is 2.08. The first-order valence-electron chi connectivity index (χ1n) is 5.52. The lowest BCUT2D eigenvalue weighted by Crippen LogP contribution is -2.10. The van der Waals surface area contributed by atoms with E-state index in [0.29, 0.717) is 5.69 Å². The summed E-state index contributed by atoms with van der Waals surface area (Å²) in [6.07, 6.45) is 4.87. The van der Waals surface area contributed by atoms with Gasteiger partial charge in [-0.05, 0) is 29.8 Å². The van der Waals surface area contributed by atoms with Crippen molar-refractivity contribution in [2.75, 3.05) is 11.9 Å². The third-order valence-corrected chi connectivity index (χ3v) is 2.31. The van der Waals surface area contributed by atoms with E-state index in [4.69, 9.17) is 9.52 Å². The van der Waals surface area contributed by atoms with Crippen LogP contribution in [0.5, 0.6) is 0 Å². The lowest BCUT2D eigenvalue weighted by Gasteiger charge is -2.04. The van der Waals surface area contributed by atoms with Gasteiger partial charge in [-0.3, -0.25) is 4.79 Å². The summed E-state index contributed by atoms with van der Waals surface area (Å²) in [4.78, 5) is 11.7. The summed E-state index contributed by atoms with van der Waals surface area (Å²) in [7, 11) is 0. The topological polar surface area (TPSA) is 62.5 Å². The van der Waals surface area contributed by atoms with Crippen molar-refractivity contribution in [3.63, 3.8) is 0 Å². The zero-order chi connectivity index (χ0) is 12.8. The van der Waals surface area contributed by atoms with Gasteiger partial charge in [-0.15, -0.1) is 0 Å². The molecule has 1 aromatic carbocycles. The number of benzene rings is 1. The van der Waals surface area contributed by atoms with Crippen molar-refractivity contribution in [1.82, 2.24) is 0 Å². The minimum Gasteiger partial charge on any atom is -0.459 e. The molecule has 92 valence electrons. The molecule has 0 atom stereocenters. The second-order valence-corrected chi connectivity index (χ2v) is 3.64. The molecule has 0 aliphatic heterocycles. The molecule has 0 spiro atoms. The second kappa shape index (κ2) is 5.84. The van der Waals surface area contributed by atoms with Gasteiger partial charge < -0.3 is 14.8 Å². The molecule has 0 radical (unpaired) electrons. The lowest BCUT2D eigenvalue weighted by molar-refractivity contribution is 0.0996. The van der Waals surface area contributed by atoms with Crippen LogP contribution in [0.4, 0.5) is 5.69 Å². The molecule has 0 aliphatic carbocycles. The summed E-state index contributed by atoms with van der Waals surface area (Å²) in [6.45, 7) is -0.0109. The summed E-state index contributed by atoms with van der Waals surface area (Å²) < 4.78 is 5.00. The normalized spacial score (nSPS) is 10.7. The van der Waals surface area contributed by atoms with Gasteiger partial charge in [0.25, 0.3) is 5.91 Å². The third kappa shape index (κ3) is 3.09. The smallest absolute Gasteiger partial charge is 0.291 e. The number of hydrogen-bond acceptors (Lipinski definition) is 3. The van der Waals surface area contributed by atoms with E-state index in [1.807, 2.05) is 18.2 Å². The summed E-state index contributed by atoms with van der Waals surface area (Å²) in [6, 6.07) is 10.6. The van der Waals surface area contributed by atoms with Crippen LogP contribution >= 0.6 is 0 Å². The minimum atomic E-state index is -0.289. The molecule has 4 heteroatoms. The third-order valence-electron chi connectivity index (χ3n) is 2.31. The first-order chi connectivity index (χ1) is 8.79. The van der Waals surface area contributed by atoms with Crippen LogP contribution in [0.15, 0.2) is 53.2 Å². The van der Waals surface area contributed by atoms with Crippen LogP contribution in [0.2, 0.25) is 0 Å². The maximum absolute atomic E-state index is 11.7. The Morgan fingerprint density at radius 2 is 2.22 bits per heavy atom. The van der Waals surface area contributed by atoms with E-state index in [1.54, 1.807) is 30.4 Å². The van der Waals surface area contributed by atoms with Gasteiger partial charge in [-0.25, -0.2) is 0 Å². The lowest BCUT2D eigenvalue weighted by atomic mass is 10.2. The Kier molecular flexibility index (Phi) is 3.94. The van der Waals surface area contributed by atoms with Gasteiger partial charge in [0.15, 0.2) is 5.76 Å². The fourth-order valence-electron chi connectivity index (χ4n) is 1.51. The molecule has 18 heavy (non-hydrogen) atoms. The number of hydrogen-bond donors (Lipinski definition) is 2. The van der Waals surface area contributed by atoms with Crippen LogP contribution in [0.25, 0.3) is 6.08 Å². The average molecular weight is 243 g/mol. The van der Waals surface area contributed by atoms with Crippen molar-refractivity contribution >= 4 is 17.7 Å². The van der Waals surface area contributed by atoms with Crippen molar-refractivity contribution in [3.05, 3.63) is 60.1 Å². The monoisotopic (exact) mass is 243 g/mol. The Labute approximate surface area is 105 Å². The predicted octanol–water partition coefficient (Wildman–Crippen LogP) is 2.54. The number of nitrogens with one attached hydrogen (secondary N) is 1. The molecule has 2 aromatic rings. The number of aliphatic hydroxyl groups excluding tert-OH is 1. The number of amides is 1. The molecular formula is C14H13NO3. The van der Waals surface area contributed by atoms with Gasteiger partial charge >= 0.3 is 0 Å². The number of anilines is 1. The molecule has 0 aliphatic rings. The SMILES string of the molecule is O=C(Nc1cccc(/C=C/CO)c1)c1ccco1. The van der Waals surface area contributed by atoms with Crippen LogP contribution < -0.4 is 5.32 Å². The number of aliphatic hydroxyl groups is 1. The largest absolute Gasteiger partial charge is 0.459 e. The fraction of sp³-hybridized carbons (Fsp3) is 0.0714. The van der Waals surface area contributed by atoms with Gasteiger partial charge in [-0.2, -0.15) is 0 Å². The van der Waals surface area contributed by atoms with Crippen molar-refractivity contribution < 1.29 is 14.3 Å². The standard InChI is InChI=1S/C14H13NO3/c16-8-2-5-11-4-1-6-12(10-11)15-14(17)13-7-3-9-18-13/h1-7,9-10,16H,8H2,(H,15,17)/b5-2+. The van der Waals surface area contributed by atoms with Crippen LogP contribution in [-0.2, 0) is 0 Å². The van der Waals surface area contributed by atoms with Crippen LogP contribution in [-0.4, -0.2) is 17.6 Å². The molecule has 0 fully saturated rings. The molecule has 0 saturated carbocycles. The van der Waals surface area contributed by atoms with Crippen molar-refractivity contribution in [2.45, 2.75) is 0 Å². The highest BCUT2D eigenvalue weighted by Crippen LogP contribution is 2.13. The summed E-state index contributed by atoms with van der Waals surface area (Å²) in [5.74, 6) is -0.0189. The Hall–Kier alpha value is -2.33. The maximum Gasteiger partial charge on any atom is 0.291 e. The van der Waals surface area contributed by atoms with Crippen LogP contribution in [0.3, 0.4) is 0 Å². The van der Waals surface area contributed by atoms with Gasteiger partial charge in [0, 0.05) is 5.69 Å². The Morgan fingerprint density at radius 3 is 2.94 bits per heavy atom. The van der Waals surface area contributed by atoms with E-state index < -0.39 is 0 Å². The molecule has 1 aromatic heterocycles. The van der Waals surface area contributed by atoms with Crippen molar-refractivity contribution in [1.29, 1.82) is 0 Å². The summed E-state index contributed by atoms with van der Waals surface area (Å²) >= 11 is 0. The van der Waals surface area contributed by atoms with Gasteiger partial charge in [-0.1, -0.05) is 24.3 Å². The summed E-state index contributed by atoms with van der Waals surface area (Å²) in [5, 5.41) is 11.4.